The number of non-ortho nitro benzene ring substituents is 1. The lowest BCUT2D eigenvalue weighted by atomic mass is 9.96. The third-order valence-electron chi connectivity index (χ3n) is 6.39. The summed E-state index contributed by atoms with van der Waals surface area (Å²) in [7, 11) is 2.89. The fourth-order valence-corrected chi connectivity index (χ4v) is 5.05. The molecule has 0 bridgehead atoms. The molecule has 3 heterocycles. The zero-order valence-electron chi connectivity index (χ0n) is 20.4. The zero-order chi connectivity index (χ0) is 26.0. The first-order valence-electron chi connectivity index (χ1n) is 11.3. The molecule has 2 unspecified atom stereocenters. The van der Waals surface area contributed by atoms with Crippen molar-refractivity contribution in [2.45, 2.75) is 32.4 Å². The van der Waals surface area contributed by atoms with Crippen LogP contribution in [0.15, 0.2) is 48.7 Å². The lowest BCUT2D eigenvalue weighted by molar-refractivity contribution is -0.384. The maximum atomic E-state index is 11.9. The molecule has 1 N–H and O–H groups in total. The van der Waals surface area contributed by atoms with E-state index in [2.05, 4.69) is 10.3 Å². The molecule has 4 rings (SSSR count). The van der Waals surface area contributed by atoms with E-state index in [1.807, 2.05) is 47.6 Å². The largest absolute Gasteiger partial charge is 0.495 e. The van der Waals surface area contributed by atoms with Crippen LogP contribution in [0.1, 0.15) is 41.1 Å². The molecular weight excluding hydrogens is 482 g/mol. The van der Waals surface area contributed by atoms with Gasteiger partial charge in [0.1, 0.15) is 5.75 Å². The normalized spacial score (nSPS) is 17.1. The summed E-state index contributed by atoms with van der Waals surface area (Å²) < 4.78 is 12.3. The van der Waals surface area contributed by atoms with E-state index in [0.29, 0.717) is 23.1 Å². The smallest absolute Gasteiger partial charge is 0.307 e. The Labute approximate surface area is 214 Å². The molecule has 1 fully saturated rings. The second kappa shape index (κ2) is 10.3. The molecule has 3 aromatic rings. The van der Waals surface area contributed by atoms with Crippen LogP contribution < -0.4 is 10.1 Å². The van der Waals surface area contributed by atoms with E-state index in [1.54, 1.807) is 12.3 Å². The van der Waals surface area contributed by atoms with Crippen LogP contribution in [0.5, 0.6) is 5.75 Å². The van der Waals surface area contributed by atoms with E-state index in [1.165, 1.54) is 26.4 Å². The average molecular weight is 510 g/mol. The Bertz CT molecular complexity index is 1310. The van der Waals surface area contributed by atoms with E-state index in [0.717, 1.165) is 22.6 Å². The number of thiocarbonyl (C=S) groups is 1. The summed E-state index contributed by atoms with van der Waals surface area (Å²) in [4.78, 5) is 29.5. The van der Waals surface area contributed by atoms with Crippen LogP contribution in [0.25, 0.3) is 5.69 Å². The molecule has 0 saturated carbocycles. The molecule has 188 valence electrons. The summed E-state index contributed by atoms with van der Waals surface area (Å²) in [5.74, 6) is 0.183. The predicted molar refractivity (Wildman–Crippen MR) is 137 cm³/mol. The van der Waals surface area contributed by atoms with Gasteiger partial charge in [0.05, 0.1) is 49.0 Å². The van der Waals surface area contributed by atoms with E-state index < -0.39 is 4.92 Å². The third kappa shape index (κ3) is 4.61. The van der Waals surface area contributed by atoms with Crippen LogP contribution in [0.3, 0.4) is 0 Å². The lowest BCUT2D eigenvalue weighted by Gasteiger charge is -2.28. The van der Waals surface area contributed by atoms with Gasteiger partial charge in [-0.2, -0.15) is 0 Å². The highest BCUT2D eigenvalue weighted by molar-refractivity contribution is 7.80. The number of methoxy groups -OCH3 is 2. The molecule has 1 saturated heterocycles. The van der Waals surface area contributed by atoms with Gasteiger partial charge in [-0.15, -0.1) is 0 Å². The van der Waals surface area contributed by atoms with Crippen LogP contribution in [-0.4, -0.2) is 51.2 Å². The van der Waals surface area contributed by atoms with E-state index >= 15 is 0 Å². The summed E-state index contributed by atoms with van der Waals surface area (Å²) in [6, 6.07) is 11.7. The topological polar surface area (TPSA) is 112 Å². The van der Waals surface area contributed by atoms with E-state index in [-0.39, 0.29) is 30.2 Å². The minimum atomic E-state index is -0.428. The maximum Gasteiger partial charge on any atom is 0.307 e. The van der Waals surface area contributed by atoms with Crippen molar-refractivity contribution in [2.24, 2.45) is 0 Å². The van der Waals surface area contributed by atoms with Crippen LogP contribution in [-0.2, 0) is 9.53 Å². The van der Waals surface area contributed by atoms with Crippen LogP contribution >= 0.6 is 12.2 Å². The van der Waals surface area contributed by atoms with Crippen LogP contribution in [0.2, 0.25) is 0 Å². The SMILES string of the molecule is COC(=O)CCN1C(=S)NC(c2ccccn2)C1c1cc(C)n(-c2cc([N+](=O)[O-])ccc2OC)c1C. The zero-order valence-corrected chi connectivity index (χ0v) is 21.2. The molecule has 0 amide bonds. The fraction of sp³-hybridized carbons (Fsp3) is 0.320. The predicted octanol–water partition coefficient (Wildman–Crippen LogP) is 3.94. The Morgan fingerprint density at radius 3 is 2.64 bits per heavy atom. The number of nitrogens with one attached hydrogen (secondary N) is 1. The molecule has 0 radical (unpaired) electrons. The number of carbonyl (C=O) groups excluding carboxylic acids is 1. The number of nitrogens with zero attached hydrogens (tertiary/aromatic N) is 4. The number of aryl methyl sites for hydroxylation is 1. The number of aromatic nitrogens is 2. The van der Waals surface area contributed by atoms with Gasteiger partial charge in [0.15, 0.2) is 5.11 Å². The number of rotatable bonds is 8. The molecule has 1 aliphatic heterocycles. The highest BCUT2D eigenvalue weighted by Gasteiger charge is 2.41. The van der Waals surface area contributed by atoms with Gasteiger partial charge in [0.25, 0.3) is 5.69 Å². The summed E-state index contributed by atoms with van der Waals surface area (Å²) >= 11 is 5.68. The first kappa shape index (κ1) is 25.1. The Kier molecular flexibility index (Phi) is 7.20. The van der Waals surface area contributed by atoms with Gasteiger partial charge in [0.2, 0.25) is 0 Å². The second-order valence-electron chi connectivity index (χ2n) is 8.42. The fourth-order valence-electron chi connectivity index (χ4n) is 4.72. The minimum absolute atomic E-state index is 0.0328. The molecule has 36 heavy (non-hydrogen) atoms. The summed E-state index contributed by atoms with van der Waals surface area (Å²) in [5, 5.41) is 15.4. The molecule has 2 atom stereocenters. The average Bonchev–Trinajstić information content (AvgIpc) is 3.36. The van der Waals surface area contributed by atoms with Crippen molar-refractivity contribution < 1.29 is 19.2 Å². The lowest BCUT2D eigenvalue weighted by Crippen LogP contribution is -2.32. The van der Waals surface area contributed by atoms with Crippen molar-refractivity contribution in [3.05, 3.63) is 81.4 Å². The number of esters is 1. The van der Waals surface area contributed by atoms with Crippen LogP contribution in [0, 0.1) is 24.0 Å². The minimum Gasteiger partial charge on any atom is -0.495 e. The summed E-state index contributed by atoms with van der Waals surface area (Å²) in [5.41, 5.74) is 4.03. The van der Waals surface area contributed by atoms with Crippen molar-refractivity contribution in [3.8, 4) is 11.4 Å². The highest BCUT2D eigenvalue weighted by atomic mass is 32.1. The number of carbonyl (C=O) groups is 1. The number of nitro benzene ring substituents is 1. The molecule has 10 nitrogen and oxygen atoms in total. The van der Waals surface area contributed by atoms with Gasteiger partial charge in [-0.1, -0.05) is 6.07 Å². The van der Waals surface area contributed by atoms with Crippen molar-refractivity contribution in [2.75, 3.05) is 20.8 Å². The molecule has 11 heteroatoms. The number of pyridine rings is 1. The summed E-state index contributed by atoms with van der Waals surface area (Å²) in [6.45, 7) is 4.25. The first-order chi connectivity index (χ1) is 17.3. The number of hydrogen-bond donors (Lipinski definition) is 1. The second-order valence-corrected chi connectivity index (χ2v) is 8.81. The monoisotopic (exact) mass is 509 g/mol. The number of hydrogen-bond acceptors (Lipinski definition) is 7. The third-order valence-corrected chi connectivity index (χ3v) is 6.74. The molecular formula is C25H27N5O5S. The maximum absolute atomic E-state index is 11.9. The number of benzene rings is 1. The van der Waals surface area contributed by atoms with Gasteiger partial charge >= 0.3 is 5.97 Å². The van der Waals surface area contributed by atoms with Crippen molar-refractivity contribution in [1.29, 1.82) is 0 Å². The highest BCUT2D eigenvalue weighted by Crippen LogP contribution is 2.42. The van der Waals surface area contributed by atoms with Crippen molar-refractivity contribution in [3.63, 3.8) is 0 Å². The van der Waals surface area contributed by atoms with Crippen molar-refractivity contribution >= 4 is 29.0 Å². The standard InChI is InChI=1S/C25H27N5O5S/c1-15-13-18(16(2)29(15)20-14-17(30(32)33)8-9-21(20)34-3)24-23(19-7-5-6-11-26-19)27-25(36)28(24)12-10-22(31)35-4/h5-9,11,13-14,23-24H,10,12H2,1-4H3,(H,27,36). The Hall–Kier alpha value is -3.99. The van der Waals surface area contributed by atoms with Gasteiger partial charge in [-0.3, -0.25) is 19.9 Å². The van der Waals surface area contributed by atoms with Crippen LogP contribution in [0.4, 0.5) is 5.69 Å². The quantitative estimate of drug-likeness (QED) is 0.209. The van der Waals surface area contributed by atoms with Gasteiger partial charge in [-0.05, 0) is 55.9 Å². The number of ether oxygens (including phenoxy) is 2. The first-order valence-corrected chi connectivity index (χ1v) is 11.7. The van der Waals surface area contributed by atoms with Gasteiger partial charge < -0.3 is 24.3 Å². The molecule has 1 aliphatic rings. The number of nitro groups is 1. The van der Waals surface area contributed by atoms with Gasteiger partial charge in [-0.25, -0.2) is 0 Å². The Morgan fingerprint density at radius 1 is 1.22 bits per heavy atom. The molecule has 2 aromatic heterocycles. The van der Waals surface area contributed by atoms with E-state index in [4.69, 9.17) is 21.7 Å². The molecule has 1 aromatic carbocycles. The Morgan fingerprint density at radius 2 is 2.00 bits per heavy atom. The molecule has 0 spiro atoms. The van der Waals surface area contributed by atoms with Crippen molar-refractivity contribution in [1.82, 2.24) is 19.8 Å². The molecule has 0 aliphatic carbocycles. The Balaban J connectivity index is 1.85. The van der Waals surface area contributed by atoms with Gasteiger partial charge in [0, 0.05) is 36.3 Å². The summed E-state index contributed by atoms with van der Waals surface area (Å²) in [6.07, 6.45) is 1.90. The van der Waals surface area contributed by atoms with E-state index in [9.17, 15) is 14.9 Å².